The standard InChI is InChI=1S/C11H19N7S/c1-8(2)18-10(13-7-14-18)6-19-11-16-15-9(3)17(11)5-4-12/h7-8H,4-6,12H2,1-3H3. The molecule has 0 saturated carbocycles. The number of aryl methyl sites for hydroxylation is 1. The fourth-order valence-corrected chi connectivity index (χ4v) is 2.74. The van der Waals surface area contributed by atoms with Crippen molar-refractivity contribution in [2.75, 3.05) is 6.54 Å². The van der Waals surface area contributed by atoms with Crippen molar-refractivity contribution < 1.29 is 0 Å². The van der Waals surface area contributed by atoms with Crippen LogP contribution in [0.5, 0.6) is 0 Å². The van der Waals surface area contributed by atoms with Gasteiger partial charge in [-0.05, 0) is 20.8 Å². The van der Waals surface area contributed by atoms with Gasteiger partial charge in [0.2, 0.25) is 0 Å². The van der Waals surface area contributed by atoms with Gasteiger partial charge in [-0.1, -0.05) is 11.8 Å². The predicted molar refractivity (Wildman–Crippen MR) is 73.8 cm³/mol. The Morgan fingerprint density at radius 2 is 2.16 bits per heavy atom. The van der Waals surface area contributed by atoms with E-state index in [9.17, 15) is 0 Å². The molecule has 104 valence electrons. The zero-order valence-electron chi connectivity index (χ0n) is 11.4. The third kappa shape index (κ3) is 3.13. The number of hydrogen-bond donors (Lipinski definition) is 1. The maximum absolute atomic E-state index is 5.60. The van der Waals surface area contributed by atoms with E-state index < -0.39 is 0 Å². The highest BCUT2D eigenvalue weighted by atomic mass is 32.2. The molecule has 0 bridgehead atoms. The summed E-state index contributed by atoms with van der Waals surface area (Å²) in [5.41, 5.74) is 5.60. The first-order chi connectivity index (χ1) is 9.13. The lowest BCUT2D eigenvalue weighted by molar-refractivity contribution is 0.514. The van der Waals surface area contributed by atoms with Gasteiger partial charge in [-0.2, -0.15) is 5.10 Å². The quantitative estimate of drug-likeness (QED) is 0.795. The van der Waals surface area contributed by atoms with Gasteiger partial charge in [-0.3, -0.25) is 0 Å². The Kier molecular flexibility index (Phi) is 4.54. The van der Waals surface area contributed by atoms with E-state index in [1.807, 2.05) is 16.2 Å². The molecule has 0 aromatic carbocycles. The van der Waals surface area contributed by atoms with Crippen LogP contribution in [0.2, 0.25) is 0 Å². The zero-order chi connectivity index (χ0) is 13.8. The molecule has 0 amide bonds. The van der Waals surface area contributed by atoms with Crippen LogP contribution in [0.1, 0.15) is 31.5 Å². The molecule has 2 heterocycles. The first-order valence-corrected chi connectivity index (χ1v) is 7.23. The number of rotatable bonds is 6. The van der Waals surface area contributed by atoms with Crippen molar-refractivity contribution >= 4 is 11.8 Å². The van der Waals surface area contributed by atoms with Crippen molar-refractivity contribution in [1.82, 2.24) is 29.5 Å². The second-order valence-electron chi connectivity index (χ2n) is 4.47. The molecule has 2 N–H and O–H groups in total. The number of nitrogens with zero attached hydrogens (tertiary/aromatic N) is 6. The minimum atomic E-state index is 0.307. The normalized spacial score (nSPS) is 11.4. The van der Waals surface area contributed by atoms with Crippen molar-refractivity contribution in [1.29, 1.82) is 0 Å². The van der Waals surface area contributed by atoms with E-state index in [2.05, 4.69) is 34.1 Å². The first-order valence-electron chi connectivity index (χ1n) is 6.24. The average Bonchev–Trinajstić information content (AvgIpc) is 2.96. The lowest BCUT2D eigenvalue weighted by Crippen LogP contribution is -2.12. The summed E-state index contributed by atoms with van der Waals surface area (Å²) in [5.74, 6) is 2.55. The third-order valence-corrected chi connectivity index (χ3v) is 3.68. The van der Waals surface area contributed by atoms with Crippen LogP contribution >= 0.6 is 11.8 Å². The van der Waals surface area contributed by atoms with Crippen LogP contribution in [-0.2, 0) is 12.3 Å². The van der Waals surface area contributed by atoms with Crippen molar-refractivity contribution in [3.05, 3.63) is 18.0 Å². The summed E-state index contributed by atoms with van der Waals surface area (Å²) in [6.45, 7) is 7.42. The van der Waals surface area contributed by atoms with Crippen LogP contribution in [0.25, 0.3) is 0 Å². The van der Waals surface area contributed by atoms with Gasteiger partial charge in [0.05, 0.1) is 5.75 Å². The van der Waals surface area contributed by atoms with Crippen LogP contribution < -0.4 is 5.73 Å². The Balaban J connectivity index is 2.08. The highest BCUT2D eigenvalue weighted by Gasteiger charge is 2.12. The van der Waals surface area contributed by atoms with Crippen LogP contribution in [0, 0.1) is 6.92 Å². The molecule has 0 aliphatic heterocycles. The van der Waals surface area contributed by atoms with E-state index in [-0.39, 0.29) is 0 Å². The average molecular weight is 281 g/mol. The maximum Gasteiger partial charge on any atom is 0.191 e. The molecule has 0 spiro atoms. The molecule has 2 aromatic heterocycles. The van der Waals surface area contributed by atoms with Gasteiger partial charge in [-0.15, -0.1) is 10.2 Å². The lowest BCUT2D eigenvalue weighted by Gasteiger charge is -2.09. The van der Waals surface area contributed by atoms with Crippen molar-refractivity contribution in [2.24, 2.45) is 5.73 Å². The summed E-state index contributed by atoms with van der Waals surface area (Å²) >= 11 is 1.61. The third-order valence-electron chi connectivity index (χ3n) is 2.72. The molecule has 0 aliphatic rings. The van der Waals surface area contributed by atoms with E-state index >= 15 is 0 Å². The van der Waals surface area contributed by atoms with Crippen molar-refractivity contribution in [2.45, 2.75) is 44.3 Å². The topological polar surface area (TPSA) is 87.4 Å². The highest BCUT2D eigenvalue weighted by Crippen LogP contribution is 2.21. The monoisotopic (exact) mass is 281 g/mol. The fourth-order valence-electron chi connectivity index (χ4n) is 1.79. The van der Waals surface area contributed by atoms with Gasteiger partial charge in [0.25, 0.3) is 0 Å². The van der Waals surface area contributed by atoms with Gasteiger partial charge in [0.15, 0.2) is 5.16 Å². The van der Waals surface area contributed by atoms with E-state index in [0.29, 0.717) is 12.6 Å². The summed E-state index contributed by atoms with van der Waals surface area (Å²) in [6, 6.07) is 0.307. The smallest absolute Gasteiger partial charge is 0.191 e. The van der Waals surface area contributed by atoms with Crippen LogP contribution in [0.15, 0.2) is 11.5 Å². The lowest BCUT2D eigenvalue weighted by atomic mass is 10.4. The molecule has 0 saturated heterocycles. The largest absolute Gasteiger partial charge is 0.329 e. The Morgan fingerprint density at radius 3 is 2.84 bits per heavy atom. The van der Waals surface area contributed by atoms with E-state index in [1.54, 1.807) is 18.1 Å². The van der Waals surface area contributed by atoms with Crippen molar-refractivity contribution in [3.8, 4) is 0 Å². The van der Waals surface area contributed by atoms with Gasteiger partial charge in [0.1, 0.15) is 18.0 Å². The minimum absolute atomic E-state index is 0.307. The second-order valence-corrected chi connectivity index (χ2v) is 5.42. The van der Waals surface area contributed by atoms with Crippen LogP contribution in [0.4, 0.5) is 0 Å². The highest BCUT2D eigenvalue weighted by molar-refractivity contribution is 7.98. The van der Waals surface area contributed by atoms with E-state index in [1.165, 1.54) is 0 Å². The summed E-state index contributed by atoms with van der Waals surface area (Å²) in [7, 11) is 0. The van der Waals surface area contributed by atoms with Gasteiger partial charge >= 0.3 is 0 Å². The number of nitrogens with two attached hydrogens (primary N) is 1. The minimum Gasteiger partial charge on any atom is -0.329 e. The number of thioether (sulfide) groups is 1. The molecular weight excluding hydrogens is 262 g/mol. The molecular formula is C11H19N7S. The molecule has 0 aliphatic carbocycles. The molecule has 0 radical (unpaired) electrons. The zero-order valence-corrected chi connectivity index (χ0v) is 12.3. The fraction of sp³-hybridized carbons (Fsp3) is 0.636. The number of aromatic nitrogens is 6. The van der Waals surface area contributed by atoms with Gasteiger partial charge in [0, 0.05) is 19.1 Å². The van der Waals surface area contributed by atoms with Gasteiger partial charge < -0.3 is 10.3 Å². The summed E-state index contributed by atoms with van der Waals surface area (Å²) < 4.78 is 3.95. The summed E-state index contributed by atoms with van der Waals surface area (Å²) in [5, 5.41) is 13.4. The second kappa shape index (κ2) is 6.16. The first kappa shape index (κ1) is 14.0. The van der Waals surface area contributed by atoms with E-state index in [4.69, 9.17) is 5.73 Å². The SMILES string of the molecule is Cc1nnc(SCc2ncnn2C(C)C)n1CCN. The molecule has 7 nitrogen and oxygen atoms in total. The Labute approximate surface area is 116 Å². The maximum atomic E-state index is 5.60. The molecule has 2 aromatic rings. The summed E-state index contributed by atoms with van der Waals surface area (Å²) in [6.07, 6.45) is 1.59. The molecule has 2 rings (SSSR count). The van der Waals surface area contributed by atoms with E-state index in [0.717, 1.165) is 29.1 Å². The molecule has 19 heavy (non-hydrogen) atoms. The Bertz CT molecular complexity index is 531. The Hall–Kier alpha value is -1.41. The number of hydrogen-bond acceptors (Lipinski definition) is 6. The van der Waals surface area contributed by atoms with Crippen LogP contribution in [-0.4, -0.2) is 36.1 Å². The predicted octanol–water partition coefficient (Wildman–Crippen LogP) is 1.01. The molecule has 0 fully saturated rings. The van der Waals surface area contributed by atoms with Gasteiger partial charge in [-0.25, -0.2) is 9.67 Å². The molecule has 0 atom stereocenters. The van der Waals surface area contributed by atoms with Crippen LogP contribution in [0.3, 0.4) is 0 Å². The Morgan fingerprint density at radius 1 is 1.37 bits per heavy atom. The van der Waals surface area contributed by atoms with Crippen molar-refractivity contribution in [3.63, 3.8) is 0 Å². The molecule has 0 unspecified atom stereocenters. The molecule has 8 heteroatoms. The summed E-state index contributed by atoms with van der Waals surface area (Å²) in [4.78, 5) is 4.28.